The first-order chi connectivity index (χ1) is 9.10. The van der Waals surface area contributed by atoms with Gasteiger partial charge in [0.25, 0.3) is 0 Å². The number of rotatable bonds is 4. The SMILES string of the molecule is CC(C#N)Cc1nc(C2CCC(C(C)C)CC2)no1. The number of hydrogen-bond donors (Lipinski definition) is 0. The molecule has 1 saturated carbocycles. The predicted octanol–water partition coefficient (Wildman–Crippen LogP) is 3.70. The van der Waals surface area contributed by atoms with Crippen molar-refractivity contribution in [1.82, 2.24) is 10.1 Å². The summed E-state index contributed by atoms with van der Waals surface area (Å²) in [4.78, 5) is 4.46. The monoisotopic (exact) mass is 261 g/mol. The van der Waals surface area contributed by atoms with Gasteiger partial charge in [-0.2, -0.15) is 10.2 Å². The number of hydrogen-bond acceptors (Lipinski definition) is 4. The molecule has 0 spiro atoms. The lowest BCUT2D eigenvalue weighted by molar-refractivity contribution is 0.251. The molecule has 0 aromatic carbocycles. The molecule has 1 aromatic heterocycles. The summed E-state index contributed by atoms with van der Waals surface area (Å²) in [7, 11) is 0. The van der Waals surface area contributed by atoms with Crippen molar-refractivity contribution in [2.45, 2.75) is 58.8 Å². The molecule has 0 N–H and O–H groups in total. The van der Waals surface area contributed by atoms with Crippen LogP contribution < -0.4 is 0 Å². The average molecular weight is 261 g/mol. The molecule has 2 rings (SSSR count). The van der Waals surface area contributed by atoms with Gasteiger partial charge in [0.05, 0.1) is 12.0 Å². The van der Waals surface area contributed by atoms with Gasteiger partial charge in [0, 0.05) is 12.3 Å². The standard InChI is InChI=1S/C15H23N3O/c1-10(2)12-4-6-13(7-5-12)15-17-14(19-18-15)8-11(3)9-16/h10-13H,4-8H2,1-3H3. The van der Waals surface area contributed by atoms with Crippen molar-refractivity contribution in [3.05, 3.63) is 11.7 Å². The molecule has 1 aromatic rings. The van der Waals surface area contributed by atoms with Crippen molar-refractivity contribution in [3.8, 4) is 6.07 Å². The van der Waals surface area contributed by atoms with E-state index in [2.05, 4.69) is 30.1 Å². The summed E-state index contributed by atoms with van der Waals surface area (Å²) in [6.45, 7) is 6.49. The molecule has 1 atom stereocenters. The van der Waals surface area contributed by atoms with Crippen molar-refractivity contribution < 1.29 is 4.52 Å². The molecule has 0 aliphatic heterocycles. The van der Waals surface area contributed by atoms with E-state index in [0.717, 1.165) is 30.5 Å². The maximum Gasteiger partial charge on any atom is 0.227 e. The van der Waals surface area contributed by atoms with E-state index >= 15 is 0 Å². The molecule has 0 bridgehead atoms. The van der Waals surface area contributed by atoms with Gasteiger partial charge < -0.3 is 4.52 Å². The zero-order valence-corrected chi connectivity index (χ0v) is 12.1. The van der Waals surface area contributed by atoms with Gasteiger partial charge in [0.1, 0.15) is 0 Å². The Hall–Kier alpha value is -1.37. The molecule has 4 nitrogen and oxygen atoms in total. The average Bonchev–Trinajstić information content (AvgIpc) is 2.87. The van der Waals surface area contributed by atoms with Crippen molar-refractivity contribution >= 4 is 0 Å². The molecule has 0 saturated heterocycles. The summed E-state index contributed by atoms with van der Waals surface area (Å²) in [5.41, 5.74) is 0. The highest BCUT2D eigenvalue weighted by Gasteiger charge is 2.27. The van der Waals surface area contributed by atoms with Crippen molar-refractivity contribution in [1.29, 1.82) is 5.26 Å². The van der Waals surface area contributed by atoms with Crippen molar-refractivity contribution in [2.75, 3.05) is 0 Å². The summed E-state index contributed by atoms with van der Waals surface area (Å²) in [5, 5.41) is 12.9. The van der Waals surface area contributed by atoms with Gasteiger partial charge in [0.15, 0.2) is 5.82 Å². The fraction of sp³-hybridized carbons (Fsp3) is 0.800. The lowest BCUT2D eigenvalue weighted by Gasteiger charge is -2.29. The largest absolute Gasteiger partial charge is 0.339 e. The van der Waals surface area contributed by atoms with Crippen LogP contribution in [0.25, 0.3) is 0 Å². The lowest BCUT2D eigenvalue weighted by atomic mass is 9.77. The Bertz CT molecular complexity index is 438. The van der Waals surface area contributed by atoms with E-state index in [4.69, 9.17) is 9.78 Å². The van der Waals surface area contributed by atoms with Crippen LogP contribution in [0.1, 0.15) is 64.1 Å². The minimum Gasteiger partial charge on any atom is -0.339 e. The fourth-order valence-corrected chi connectivity index (χ4v) is 2.87. The molecule has 19 heavy (non-hydrogen) atoms. The van der Waals surface area contributed by atoms with E-state index in [1.54, 1.807) is 0 Å². The first-order valence-corrected chi connectivity index (χ1v) is 7.32. The van der Waals surface area contributed by atoms with Crippen LogP contribution in [0.2, 0.25) is 0 Å². The molecular weight excluding hydrogens is 238 g/mol. The molecule has 0 radical (unpaired) electrons. The van der Waals surface area contributed by atoms with Crippen LogP contribution in [0.15, 0.2) is 4.52 Å². The van der Waals surface area contributed by atoms with Gasteiger partial charge in [-0.15, -0.1) is 0 Å². The topological polar surface area (TPSA) is 62.7 Å². The summed E-state index contributed by atoms with van der Waals surface area (Å²) in [5.74, 6) is 3.46. The van der Waals surface area contributed by atoms with Crippen LogP contribution in [-0.2, 0) is 6.42 Å². The third kappa shape index (κ3) is 3.56. The van der Waals surface area contributed by atoms with Crippen molar-refractivity contribution in [2.24, 2.45) is 17.8 Å². The zero-order chi connectivity index (χ0) is 13.8. The molecule has 1 unspecified atom stereocenters. The second-order valence-corrected chi connectivity index (χ2v) is 6.14. The maximum absolute atomic E-state index is 8.79. The maximum atomic E-state index is 8.79. The normalized spacial score (nSPS) is 25.2. The first-order valence-electron chi connectivity index (χ1n) is 7.32. The third-order valence-corrected chi connectivity index (χ3v) is 4.26. The van der Waals surface area contributed by atoms with Crippen LogP contribution in [0.5, 0.6) is 0 Å². The van der Waals surface area contributed by atoms with Crippen LogP contribution in [0, 0.1) is 29.1 Å². The van der Waals surface area contributed by atoms with Crippen LogP contribution in [0.3, 0.4) is 0 Å². The Kier molecular flexibility index (Phi) is 4.57. The number of aromatic nitrogens is 2. The van der Waals surface area contributed by atoms with Gasteiger partial charge in [-0.3, -0.25) is 0 Å². The summed E-state index contributed by atoms with van der Waals surface area (Å²) < 4.78 is 5.25. The Labute approximate surface area is 115 Å². The Balaban J connectivity index is 1.92. The lowest BCUT2D eigenvalue weighted by Crippen LogP contribution is -2.18. The molecule has 0 amide bonds. The summed E-state index contributed by atoms with van der Waals surface area (Å²) >= 11 is 0. The molecular formula is C15H23N3O. The third-order valence-electron chi connectivity index (χ3n) is 4.26. The van der Waals surface area contributed by atoms with Gasteiger partial charge >= 0.3 is 0 Å². The molecule has 4 heteroatoms. The first kappa shape index (κ1) is 14.0. The van der Waals surface area contributed by atoms with E-state index in [9.17, 15) is 0 Å². The highest BCUT2D eigenvalue weighted by Crippen LogP contribution is 2.37. The quantitative estimate of drug-likeness (QED) is 0.829. The van der Waals surface area contributed by atoms with Gasteiger partial charge in [-0.25, -0.2) is 0 Å². The minimum atomic E-state index is -0.0648. The van der Waals surface area contributed by atoms with E-state index in [1.165, 1.54) is 12.8 Å². The molecule has 1 heterocycles. The van der Waals surface area contributed by atoms with E-state index < -0.39 is 0 Å². The Morgan fingerprint density at radius 1 is 1.26 bits per heavy atom. The van der Waals surface area contributed by atoms with Gasteiger partial charge in [-0.05, 0) is 44.4 Å². The second kappa shape index (κ2) is 6.18. The minimum absolute atomic E-state index is 0.0648. The fourth-order valence-electron chi connectivity index (χ4n) is 2.87. The molecule has 1 aliphatic carbocycles. The molecule has 104 valence electrons. The van der Waals surface area contributed by atoms with E-state index in [1.807, 2.05) is 6.92 Å². The smallest absolute Gasteiger partial charge is 0.227 e. The van der Waals surface area contributed by atoms with E-state index in [0.29, 0.717) is 18.2 Å². The van der Waals surface area contributed by atoms with Gasteiger partial charge in [0.2, 0.25) is 5.89 Å². The van der Waals surface area contributed by atoms with Gasteiger partial charge in [-0.1, -0.05) is 19.0 Å². The van der Waals surface area contributed by atoms with Crippen LogP contribution in [0.4, 0.5) is 0 Å². The van der Waals surface area contributed by atoms with Crippen LogP contribution >= 0.6 is 0 Å². The predicted molar refractivity (Wildman–Crippen MR) is 72.3 cm³/mol. The second-order valence-electron chi connectivity index (χ2n) is 6.14. The summed E-state index contributed by atoms with van der Waals surface area (Å²) in [6, 6.07) is 2.19. The highest BCUT2D eigenvalue weighted by molar-refractivity contribution is 4.99. The highest BCUT2D eigenvalue weighted by atomic mass is 16.5. The Morgan fingerprint density at radius 3 is 2.53 bits per heavy atom. The van der Waals surface area contributed by atoms with E-state index in [-0.39, 0.29) is 5.92 Å². The Morgan fingerprint density at radius 2 is 1.95 bits per heavy atom. The zero-order valence-electron chi connectivity index (χ0n) is 12.1. The summed E-state index contributed by atoms with van der Waals surface area (Å²) in [6.07, 6.45) is 5.41. The van der Waals surface area contributed by atoms with Crippen molar-refractivity contribution in [3.63, 3.8) is 0 Å². The number of nitrogens with zero attached hydrogens (tertiary/aromatic N) is 3. The molecule has 1 aliphatic rings. The molecule has 1 fully saturated rings. The number of nitriles is 1. The van der Waals surface area contributed by atoms with Crippen LogP contribution in [-0.4, -0.2) is 10.1 Å².